The Morgan fingerprint density at radius 3 is 2.45 bits per heavy atom. The van der Waals surface area contributed by atoms with Gasteiger partial charge in [0.2, 0.25) is 0 Å². The molecule has 1 unspecified atom stereocenters. The summed E-state index contributed by atoms with van der Waals surface area (Å²) in [6.45, 7) is 3.41. The summed E-state index contributed by atoms with van der Waals surface area (Å²) in [4.78, 5) is 10.5. The summed E-state index contributed by atoms with van der Waals surface area (Å²) in [6.07, 6.45) is 2.19. The highest BCUT2D eigenvalue weighted by Crippen LogP contribution is 2.13. The molecule has 3 nitrogen and oxygen atoms in total. The summed E-state index contributed by atoms with van der Waals surface area (Å²) < 4.78 is 0. The summed E-state index contributed by atoms with van der Waals surface area (Å²) in [5.41, 5.74) is 0.778. The van der Waals surface area contributed by atoms with Crippen LogP contribution < -0.4 is 0 Å². The van der Waals surface area contributed by atoms with E-state index in [1.54, 1.807) is 19.9 Å². The van der Waals surface area contributed by atoms with Gasteiger partial charge in [-0.1, -0.05) is 11.6 Å². The molecule has 0 aliphatic heterocycles. The Morgan fingerprint density at radius 2 is 2.18 bits per heavy atom. The quantitative estimate of drug-likeness (QED) is 0.601. The van der Waals surface area contributed by atoms with Crippen molar-refractivity contribution in [3.05, 3.63) is 11.6 Å². The van der Waals surface area contributed by atoms with E-state index in [1.165, 1.54) is 0 Å². The van der Waals surface area contributed by atoms with Gasteiger partial charge in [-0.2, -0.15) is 0 Å². The summed E-state index contributed by atoms with van der Waals surface area (Å²) in [5, 5.41) is 17.2. The Kier molecular flexibility index (Phi) is 4.54. The number of aliphatic hydroxyl groups is 1. The van der Waals surface area contributed by atoms with Crippen molar-refractivity contribution < 1.29 is 15.0 Å². The molecule has 1 atom stereocenters. The number of aliphatic carboxylic acids is 1. The van der Waals surface area contributed by atoms with E-state index in [-0.39, 0.29) is 6.61 Å². The third-order valence-electron chi connectivity index (χ3n) is 1.70. The maximum atomic E-state index is 10.5. The number of allylic oxidation sites excluding steroid dienone is 1. The largest absolute Gasteiger partial charge is 0.481 e. The second kappa shape index (κ2) is 4.91. The first-order chi connectivity index (χ1) is 5.13. The Labute approximate surface area is 66.4 Å². The Hall–Kier alpha value is -0.830. The maximum Gasteiger partial charge on any atom is 0.310 e. The predicted octanol–water partition coefficient (Wildman–Crippen LogP) is 1.04. The van der Waals surface area contributed by atoms with E-state index >= 15 is 0 Å². The van der Waals surface area contributed by atoms with Gasteiger partial charge in [-0.25, -0.2) is 0 Å². The lowest BCUT2D eigenvalue weighted by molar-refractivity contribution is -0.139. The van der Waals surface area contributed by atoms with Crippen molar-refractivity contribution in [2.24, 2.45) is 5.92 Å². The van der Waals surface area contributed by atoms with Gasteiger partial charge in [0.1, 0.15) is 0 Å². The number of carboxylic acids is 1. The van der Waals surface area contributed by atoms with Gasteiger partial charge in [0, 0.05) is 6.61 Å². The second-order valence-corrected chi connectivity index (χ2v) is 2.40. The van der Waals surface area contributed by atoms with Gasteiger partial charge < -0.3 is 10.2 Å². The zero-order valence-electron chi connectivity index (χ0n) is 6.87. The van der Waals surface area contributed by atoms with Crippen molar-refractivity contribution in [1.29, 1.82) is 0 Å². The standard InChI is InChI=1S/C8H14O3/c1-3-7(4-5-9)6(2)8(10)11/h3,6,9H,4-5H2,1-2H3,(H,10,11). The van der Waals surface area contributed by atoms with Crippen LogP contribution in [0.3, 0.4) is 0 Å². The molecule has 0 radical (unpaired) electrons. The first-order valence-corrected chi connectivity index (χ1v) is 3.62. The van der Waals surface area contributed by atoms with Crippen molar-refractivity contribution in [1.82, 2.24) is 0 Å². The highest BCUT2D eigenvalue weighted by atomic mass is 16.4. The van der Waals surface area contributed by atoms with Crippen molar-refractivity contribution in [2.75, 3.05) is 6.61 Å². The van der Waals surface area contributed by atoms with E-state index in [9.17, 15) is 4.79 Å². The Bertz CT molecular complexity index is 161. The zero-order valence-corrected chi connectivity index (χ0v) is 6.87. The second-order valence-electron chi connectivity index (χ2n) is 2.40. The SMILES string of the molecule is CC=C(CCO)C(C)C(=O)O. The molecule has 0 aliphatic rings. The topological polar surface area (TPSA) is 57.5 Å². The summed E-state index contributed by atoms with van der Waals surface area (Å²) in [5.74, 6) is -1.32. The van der Waals surface area contributed by atoms with Crippen LogP contribution in [0, 0.1) is 5.92 Å². The van der Waals surface area contributed by atoms with Gasteiger partial charge in [-0.3, -0.25) is 4.79 Å². The first-order valence-electron chi connectivity index (χ1n) is 3.62. The maximum absolute atomic E-state index is 10.5. The minimum Gasteiger partial charge on any atom is -0.481 e. The lowest BCUT2D eigenvalue weighted by Gasteiger charge is -2.08. The van der Waals surface area contributed by atoms with Crippen LogP contribution >= 0.6 is 0 Å². The molecular formula is C8H14O3. The van der Waals surface area contributed by atoms with E-state index in [0.717, 1.165) is 5.57 Å². The van der Waals surface area contributed by atoms with Crippen LogP contribution in [0.2, 0.25) is 0 Å². The molecule has 0 bridgehead atoms. The lowest BCUT2D eigenvalue weighted by atomic mass is 9.99. The fourth-order valence-corrected chi connectivity index (χ4v) is 0.899. The van der Waals surface area contributed by atoms with Gasteiger partial charge >= 0.3 is 5.97 Å². The molecule has 0 fully saturated rings. The molecule has 0 spiro atoms. The molecule has 0 amide bonds. The molecule has 0 saturated heterocycles. The summed E-state index contributed by atoms with van der Waals surface area (Å²) >= 11 is 0. The van der Waals surface area contributed by atoms with E-state index in [4.69, 9.17) is 10.2 Å². The fourth-order valence-electron chi connectivity index (χ4n) is 0.899. The van der Waals surface area contributed by atoms with E-state index in [0.29, 0.717) is 6.42 Å². The number of rotatable bonds is 4. The molecule has 0 aliphatic carbocycles. The number of carbonyl (C=O) groups is 1. The van der Waals surface area contributed by atoms with Crippen molar-refractivity contribution in [3.63, 3.8) is 0 Å². The van der Waals surface area contributed by atoms with Crippen molar-refractivity contribution in [3.8, 4) is 0 Å². The highest BCUT2D eigenvalue weighted by Gasteiger charge is 2.14. The number of hydrogen-bond donors (Lipinski definition) is 2. The molecule has 0 saturated carbocycles. The molecule has 2 N–H and O–H groups in total. The van der Waals surface area contributed by atoms with Crippen molar-refractivity contribution >= 4 is 5.97 Å². The van der Waals surface area contributed by atoms with Gasteiger partial charge in [0.25, 0.3) is 0 Å². The molecule has 11 heavy (non-hydrogen) atoms. The third-order valence-corrected chi connectivity index (χ3v) is 1.70. The molecule has 0 aromatic rings. The van der Waals surface area contributed by atoms with Crippen LogP contribution in [0.1, 0.15) is 20.3 Å². The van der Waals surface area contributed by atoms with E-state index < -0.39 is 11.9 Å². The fraction of sp³-hybridized carbons (Fsp3) is 0.625. The Balaban J connectivity index is 4.15. The van der Waals surface area contributed by atoms with Crippen LogP contribution in [0.5, 0.6) is 0 Å². The average Bonchev–Trinajstić information content (AvgIpc) is 1.98. The summed E-state index contributed by atoms with van der Waals surface area (Å²) in [7, 11) is 0. The molecule has 0 heterocycles. The highest BCUT2D eigenvalue weighted by molar-refractivity contribution is 5.73. The average molecular weight is 158 g/mol. The smallest absolute Gasteiger partial charge is 0.310 e. The summed E-state index contributed by atoms with van der Waals surface area (Å²) in [6, 6.07) is 0. The Morgan fingerprint density at radius 1 is 1.64 bits per heavy atom. The van der Waals surface area contributed by atoms with Crippen molar-refractivity contribution in [2.45, 2.75) is 20.3 Å². The molecule has 0 rings (SSSR count). The van der Waals surface area contributed by atoms with Crippen LogP contribution in [0.4, 0.5) is 0 Å². The molecule has 64 valence electrons. The number of carboxylic acid groups (broad SMARTS) is 1. The van der Waals surface area contributed by atoms with Crippen LogP contribution in [0.15, 0.2) is 11.6 Å². The zero-order chi connectivity index (χ0) is 8.85. The van der Waals surface area contributed by atoms with Crippen LogP contribution in [-0.2, 0) is 4.79 Å². The van der Waals surface area contributed by atoms with E-state index in [2.05, 4.69) is 0 Å². The van der Waals surface area contributed by atoms with Gasteiger partial charge in [-0.15, -0.1) is 0 Å². The monoisotopic (exact) mass is 158 g/mol. The van der Waals surface area contributed by atoms with Gasteiger partial charge in [-0.05, 0) is 20.3 Å². The third kappa shape index (κ3) is 3.18. The van der Waals surface area contributed by atoms with Crippen LogP contribution in [-0.4, -0.2) is 22.8 Å². The minimum absolute atomic E-state index is 0.0112. The van der Waals surface area contributed by atoms with Gasteiger partial charge in [0.05, 0.1) is 5.92 Å². The predicted molar refractivity (Wildman–Crippen MR) is 42.3 cm³/mol. The number of aliphatic hydroxyl groups excluding tert-OH is 1. The molecule has 0 aromatic heterocycles. The lowest BCUT2D eigenvalue weighted by Crippen LogP contribution is -2.13. The normalized spacial score (nSPS) is 14.6. The minimum atomic E-state index is -0.841. The van der Waals surface area contributed by atoms with Crippen LogP contribution in [0.25, 0.3) is 0 Å². The van der Waals surface area contributed by atoms with E-state index in [1.807, 2.05) is 0 Å². The molecule has 0 aromatic carbocycles. The molecular weight excluding hydrogens is 144 g/mol. The molecule has 3 heteroatoms. The first kappa shape index (κ1) is 10.2. The van der Waals surface area contributed by atoms with Gasteiger partial charge in [0.15, 0.2) is 0 Å². The number of hydrogen-bond acceptors (Lipinski definition) is 2.